The molecule has 1 heterocycles. The van der Waals surface area contributed by atoms with Crippen molar-refractivity contribution in [3.8, 4) is 6.07 Å². The van der Waals surface area contributed by atoms with E-state index in [2.05, 4.69) is 9.97 Å². The molecule has 0 fully saturated rings. The van der Waals surface area contributed by atoms with Gasteiger partial charge < -0.3 is 4.74 Å². The molecule has 0 spiro atoms. The number of nitrogens with zero attached hydrogens (tertiary/aromatic N) is 3. The number of halogens is 1. The number of carbonyl (C=O) groups excluding carboxylic acids is 1. The first-order chi connectivity index (χ1) is 6.69. The van der Waals surface area contributed by atoms with Gasteiger partial charge in [0.1, 0.15) is 11.6 Å². The Kier molecular flexibility index (Phi) is 3.37. The van der Waals surface area contributed by atoms with E-state index in [0.717, 1.165) is 0 Å². The van der Waals surface area contributed by atoms with Crippen molar-refractivity contribution in [1.29, 1.82) is 5.26 Å². The predicted molar refractivity (Wildman–Crippen MR) is 47.7 cm³/mol. The molecule has 72 valence electrons. The lowest BCUT2D eigenvalue weighted by Gasteiger charge is -2.01. The first kappa shape index (κ1) is 10.4. The summed E-state index contributed by atoms with van der Waals surface area (Å²) < 4.78 is 4.70. The molecule has 5 nitrogen and oxygen atoms in total. The lowest BCUT2D eigenvalue weighted by Crippen LogP contribution is -2.09. The first-order valence-electron chi connectivity index (χ1n) is 3.78. The summed E-state index contributed by atoms with van der Waals surface area (Å²) in [4.78, 5) is 18.4. The van der Waals surface area contributed by atoms with Crippen LogP contribution in [-0.4, -0.2) is 22.5 Å². The summed E-state index contributed by atoms with van der Waals surface area (Å²) in [5, 5.41) is 8.58. The van der Waals surface area contributed by atoms with Crippen LogP contribution < -0.4 is 0 Å². The zero-order chi connectivity index (χ0) is 10.6. The molecule has 0 N–H and O–H groups in total. The van der Waals surface area contributed by atoms with Gasteiger partial charge in [-0.25, -0.2) is 14.8 Å². The average molecular weight is 212 g/mol. The van der Waals surface area contributed by atoms with Crippen molar-refractivity contribution in [2.75, 3.05) is 6.61 Å². The van der Waals surface area contributed by atoms with Gasteiger partial charge in [-0.2, -0.15) is 5.26 Å². The Labute approximate surface area is 85.3 Å². The molecular formula is C8H6ClN3O2. The second-order valence-corrected chi connectivity index (χ2v) is 2.57. The van der Waals surface area contributed by atoms with E-state index in [1.54, 1.807) is 13.0 Å². The molecule has 14 heavy (non-hydrogen) atoms. The Balaban J connectivity index is 3.09. The highest BCUT2D eigenvalue weighted by Crippen LogP contribution is 2.08. The number of hydrogen-bond acceptors (Lipinski definition) is 5. The molecule has 0 unspecified atom stereocenters. The topological polar surface area (TPSA) is 75.9 Å². The third-order valence-corrected chi connectivity index (χ3v) is 1.54. The van der Waals surface area contributed by atoms with Crippen LogP contribution in [0.15, 0.2) is 6.20 Å². The van der Waals surface area contributed by atoms with Crippen LogP contribution in [0, 0.1) is 11.3 Å². The van der Waals surface area contributed by atoms with E-state index < -0.39 is 5.97 Å². The predicted octanol–water partition coefficient (Wildman–Crippen LogP) is 1.18. The molecule has 0 saturated heterocycles. The number of rotatable bonds is 2. The van der Waals surface area contributed by atoms with E-state index in [-0.39, 0.29) is 23.1 Å². The molecular weight excluding hydrogens is 206 g/mol. The zero-order valence-electron chi connectivity index (χ0n) is 7.32. The summed E-state index contributed by atoms with van der Waals surface area (Å²) in [6.45, 7) is 1.90. The highest BCUT2D eigenvalue weighted by Gasteiger charge is 2.14. The summed E-state index contributed by atoms with van der Waals surface area (Å²) >= 11 is 5.45. The Morgan fingerprint density at radius 3 is 3.07 bits per heavy atom. The van der Waals surface area contributed by atoms with Crippen LogP contribution in [0.5, 0.6) is 0 Å². The number of esters is 1. The molecule has 0 radical (unpaired) electrons. The minimum absolute atomic E-state index is 0.0266. The normalized spacial score (nSPS) is 9.21. The highest BCUT2D eigenvalue weighted by atomic mass is 35.5. The molecule has 1 rings (SSSR count). The van der Waals surface area contributed by atoms with Crippen LogP contribution in [0.4, 0.5) is 0 Å². The third-order valence-electron chi connectivity index (χ3n) is 1.36. The van der Waals surface area contributed by atoms with Crippen LogP contribution in [0.25, 0.3) is 0 Å². The fourth-order valence-electron chi connectivity index (χ4n) is 0.804. The van der Waals surface area contributed by atoms with E-state index in [1.165, 1.54) is 6.20 Å². The van der Waals surface area contributed by atoms with Crippen molar-refractivity contribution >= 4 is 17.6 Å². The first-order valence-corrected chi connectivity index (χ1v) is 4.16. The maximum Gasteiger partial charge on any atom is 0.342 e. The summed E-state index contributed by atoms with van der Waals surface area (Å²) in [5.41, 5.74) is -0.0535. The number of carbonyl (C=O) groups is 1. The van der Waals surface area contributed by atoms with Gasteiger partial charge in [-0.1, -0.05) is 0 Å². The van der Waals surface area contributed by atoms with Gasteiger partial charge in [0.2, 0.25) is 5.28 Å². The van der Waals surface area contributed by atoms with Gasteiger partial charge in [0.25, 0.3) is 0 Å². The minimum atomic E-state index is -0.624. The summed E-state index contributed by atoms with van der Waals surface area (Å²) in [5.74, 6) is -0.624. The molecule has 0 aliphatic carbocycles. The minimum Gasteiger partial charge on any atom is -0.462 e. The lowest BCUT2D eigenvalue weighted by molar-refractivity contribution is 0.0525. The van der Waals surface area contributed by atoms with Crippen molar-refractivity contribution in [2.24, 2.45) is 0 Å². The highest BCUT2D eigenvalue weighted by molar-refractivity contribution is 6.28. The van der Waals surface area contributed by atoms with Gasteiger partial charge in [0, 0.05) is 6.20 Å². The third kappa shape index (κ3) is 2.18. The van der Waals surface area contributed by atoms with Gasteiger partial charge in [0.15, 0.2) is 5.69 Å². The van der Waals surface area contributed by atoms with Crippen LogP contribution >= 0.6 is 11.6 Å². The lowest BCUT2D eigenvalue weighted by atomic mass is 10.2. The SMILES string of the molecule is CCOC(=O)c1cnc(Cl)nc1C#N. The van der Waals surface area contributed by atoms with Gasteiger partial charge in [-0.15, -0.1) is 0 Å². The molecule has 1 aromatic heterocycles. The van der Waals surface area contributed by atoms with Crippen LogP contribution in [0.1, 0.15) is 23.0 Å². The molecule has 0 bridgehead atoms. The molecule has 0 amide bonds. The number of aromatic nitrogens is 2. The van der Waals surface area contributed by atoms with Gasteiger partial charge in [-0.3, -0.25) is 0 Å². The van der Waals surface area contributed by atoms with Crippen molar-refractivity contribution in [3.63, 3.8) is 0 Å². The molecule has 0 aliphatic heterocycles. The van der Waals surface area contributed by atoms with E-state index >= 15 is 0 Å². The zero-order valence-corrected chi connectivity index (χ0v) is 8.08. The van der Waals surface area contributed by atoms with E-state index in [9.17, 15) is 4.79 Å². The Morgan fingerprint density at radius 2 is 2.50 bits per heavy atom. The quantitative estimate of drug-likeness (QED) is 0.542. The second kappa shape index (κ2) is 4.53. The summed E-state index contributed by atoms with van der Waals surface area (Å²) in [7, 11) is 0. The van der Waals surface area contributed by atoms with E-state index in [4.69, 9.17) is 21.6 Å². The number of ether oxygens (including phenoxy) is 1. The summed E-state index contributed by atoms with van der Waals surface area (Å²) in [6.07, 6.45) is 1.17. The summed E-state index contributed by atoms with van der Waals surface area (Å²) in [6, 6.07) is 1.74. The molecule has 1 aromatic rings. The largest absolute Gasteiger partial charge is 0.462 e. The van der Waals surface area contributed by atoms with Gasteiger partial charge >= 0.3 is 5.97 Å². The molecule has 0 aliphatic rings. The fourth-order valence-corrected chi connectivity index (χ4v) is 0.937. The molecule has 0 atom stereocenters. The van der Waals surface area contributed by atoms with Crippen molar-refractivity contribution in [1.82, 2.24) is 9.97 Å². The Hall–Kier alpha value is -1.67. The molecule has 6 heteroatoms. The van der Waals surface area contributed by atoms with E-state index in [1.807, 2.05) is 0 Å². The average Bonchev–Trinajstić information content (AvgIpc) is 2.17. The van der Waals surface area contributed by atoms with Crippen molar-refractivity contribution in [3.05, 3.63) is 22.7 Å². The Bertz CT molecular complexity index is 400. The number of nitriles is 1. The molecule has 0 aromatic carbocycles. The van der Waals surface area contributed by atoms with Crippen molar-refractivity contribution in [2.45, 2.75) is 6.92 Å². The monoisotopic (exact) mass is 211 g/mol. The molecule has 0 saturated carbocycles. The number of hydrogen-bond donors (Lipinski definition) is 0. The Morgan fingerprint density at radius 1 is 1.79 bits per heavy atom. The van der Waals surface area contributed by atoms with Crippen molar-refractivity contribution < 1.29 is 9.53 Å². The van der Waals surface area contributed by atoms with Gasteiger partial charge in [0.05, 0.1) is 6.61 Å². The van der Waals surface area contributed by atoms with Gasteiger partial charge in [-0.05, 0) is 18.5 Å². The smallest absolute Gasteiger partial charge is 0.342 e. The standard InChI is InChI=1S/C8H6ClN3O2/c1-2-14-7(13)5-4-11-8(9)12-6(5)3-10/h4H,2H2,1H3. The maximum absolute atomic E-state index is 11.2. The van der Waals surface area contributed by atoms with Crippen LogP contribution in [0.2, 0.25) is 5.28 Å². The fraction of sp³-hybridized carbons (Fsp3) is 0.250. The van der Waals surface area contributed by atoms with Crippen LogP contribution in [0.3, 0.4) is 0 Å². The van der Waals surface area contributed by atoms with Crippen LogP contribution in [-0.2, 0) is 4.74 Å². The second-order valence-electron chi connectivity index (χ2n) is 2.23. The van der Waals surface area contributed by atoms with E-state index in [0.29, 0.717) is 0 Å². The maximum atomic E-state index is 11.2.